The molecule has 1 fully saturated rings. The van der Waals surface area contributed by atoms with Crippen LogP contribution in [0.4, 0.5) is 31.5 Å². The molecule has 5 rings (SSSR count). The number of likely N-dealkylation sites (tertiary alicyclic amines) is 1. The van der Waals surface area contributed by atoms with Gasteiger partial charge >= 0.3 is 0 Å². The molecule has 41 heavy (non-hydrogen) atoms. The Kier molecular flexibility index (Phi) is 8.16. The van der Waals surface area contributed by atoms with E-state index in [1.165, 1.54) is 41.2 Å². The molecule has 0 spiro atoms. The normalized spacial score (nSPS) is 17.5. The summed E-state index contributed by atoms with van der Waals surface area (Å²) in [5.74, 6) is -1.96. The highest BCUT2D eigenvalue weighted by Crippen LogP contribution is 2.31. The molecule has 1 saturated heterocycles. The minimum Gasteiger partial charge on any atom is -0.393 e. The van der Waals surface area contributed by atoms with Crippen LogP contribution in [0.25, 0.3) is 0 Å². The lowest BCUT2D eigenvalue weighted by atomic mass is 9.90. The van der Waals surface area contributed by atoms with Gasteiger partial charge in [-0.2, -0.15) is 5.10 Å². The molecule has 3 aromatic rings. The maximum absolute atomic E-state index is 14.9. The maximum Gasteiger partial charge on any atom is 0.273 e. The Morgan fingerprint density at radius 2 is 1.54 bits per heavy atom. The summed E-state index contributed by atoms with van der Waals surface area (Å²) in [4.78, 5) is 27.5. The van der Waals surface area contributed by atoms with Crippen LogP contribution >= 0.6 is 0 Å². The Labute approximate surface area is 236 Å². The molecule has 1 atom stereocenters. The van der Waals surface area contributed by atoms with E-state index >= 15 is 0 Å². The van der Waals surface area contributed by atoms with Crippen LogP contribution in [-0.2, 0) is 11.8 Å². The fraction of sp³-hybridized carbons (Fsp3) is 0.300. The Morgan fingerprint density at radius 1 is 0.927 bits per heavy atom. The van der Waals surface area contributed by atoms with E-state index in [1.54, 1.807) is 19.2 Å². The largest absolute Gasteiger partial charge is 0.393 e. The second-order valence-electron chi connectivity index (χ2n) is 10.4. The summed E-state index contributed by atoms with van der Waals surface area (Å²) in [6.07, 6.45) is 7.02. The number of aliphatic hydroxyl groups is 1. The number of aromatic nitrogens is 2. The number of aliphatic hydroxyl groups excluding tert-OH is 1. The van der Waals surface area contributed by atoms with Crippen molar-refractivity contribution >= 4 is 34.6 Å². The molecule has 1 aliphatic heterocycles. The number of allylic oxidation sites excluding steroid dienone is 3. The maximum atomic E-state index is 14.9. The predicted molar refractivity (Wildman–Crippen MR) is 153 cm³/mol. The van der Waals surface area contributed by atoms with Crippen molar-refractivity contribution in [2.75, 3.05) is 29.0 Å². The van der Waals surface area contributed by atoms with Gasteiger partial charge in [0.2, 0.25) is 0 Å². The molecule has 1 unspecified atom stereocenters. The molecule has 0 bridgehead atoms. The van der Waals surface area contributed by atoms with Crippen molar-refractivity contribution in [1.82, 2.24) is 14.7 Å². The monoisotopic (exact) mass is 562 g/mol. The Balaban J connectivity index is 1.20. The van der Waals surface area contributed by atoms with Crippen molar-refractivity contribution in [3.8, 4) is 0 Å². The number of carbonyl (C=O) groups is 2. The zero-order valence-corrected chi connectivity index (χ0v) is 22.8. The van der Waals surface area contributed by atoms with Gasteiger partial charge in [-0.05, 0) is 67.8 Å². The average molecular weight is 563 g/mol. The second-order valence-corrected chi connectivity index (χ2v) is 10.4. The van der Waals surface area contributed by atoms with Gasteiger partial charge in [0.05, 0.1) is 17.5 Å². The third kappa shape index (κ3) is 6.46. The lowest BCUT2D eigenvalue weighted by molar-refractivity contribution is -0.113. The van der Waals surface area contributed by atoms with E-state index in [2.05, 4.69) is 32.9 Å². The number of nitrogens with zero attached hydrogens (tertiary/aromatic N) is 3. The van der Waals surface area contributed by atoms with Crippen molar-refractivity contribution in [1.29, 1.82) is 0 Å². The molecule has 0 saturated carbocycles. The van der Waals surface area contributed by atoms with Crippen molar-refractivity contribution in [3.05, 3.63) is 89.4 Å². The summed E-state index contributed by atoms with van der Waals surface area (Å²) in [6.45, 7) is 3.66. The van der Waals surface area contributed by atoms with Crippen LogP contribution in [0, 0.1) is 17.6 Å². The quantitative estimate of drug-likeness (QED) is 0.325. The minimum absolute atomic E-state index is 0.0198. The van der Waals surface area contributed by atoms with Gasteiger partial charge in [0.15, 0.2) is 0 Å². The molecule has 1 aliphatic carbocycles. The van der Waals surface area contributed by atoms with Crippen LogP contribution in [0.2, 0.25) is 0 Å². The van der Waals surface area contributed by atoms with E-state index in [0.717, 1.165) is 37.7 Å². The average Bonchev–Trinajstić information content (AvgIpc) is 3.38. The van der Waals surface area contributed by atoms with Crippen LogP contribution < -0.4 is 16.0 Å². The fourth-order valence-electron chi connectivity index (χ4n) is 5.10. The van der Waals surface area contributed by atoms with Crippen LogP contribution in [0.3, 0.4) is 0 Å². The number of benzene rings is 2. The first-order valence-electron chi connectivity index (χ1n) is 13.5. The summed E-state index contributed by atoms with van der Waals surface area (Å²) < 4.78 is 31.1. The number of halogens is 2. The molecule has 2 heterocycles. The SMILES string of the molecule is CC1CC(C(=O)Nc2ccc(Nc3ccc(NC(=O)c4ccnn4C)cc3F)c(F)c2)=CC=C1N1CCC(O)CC1. The highest BCUT2D eigenvalue weighted by molar-refractivity contribution is 6.04. The highest BCUT2D eigenvalue weighted by Gasteiger charge is 2.26. The number of piperidine rings is 1. The molecular weight excluding hydrogens is 530 g/mol. The Bertz CT molecular complexity index is 1520. The number of nitrogens with one attached hydrogen (secondary N) is 3. The molecule has 9 nitrogen and oxygen atoms in total. The molecule has 2 amide bonds. The lowest BCUT2D eigenvalue weighted by Crippen LogP contribution is -2.37. The number of amides is 2. The van der Waals surface area contributed by atoms with Gasteiger partial charge in [0, 0.05) is 54.9 Å². The van der Waals surface area contributed by atoms with Gasteiger partial charge in [-0.3, -0.25) is 14.3 Å². The molecule has 11 heteroatoms. The van der Waals surface area contributed by atoms with Crippen molar-refractivity contribution in [3.63, 3.8) is 0 Å². The van der Waals surface area contributed by atoms with E-state index in [4.69, 9.17) is 0 Å². The zero-order valence-electron chi connectivity index (χ0n) is 22.8. The smallest absolute Gasteiger partial charge is 0.273 e. The van der Waals surface area contributed by atoms with E-state index in [9.17, 15) is 23.5 Å². The van der Waals surface area contributed by atoms with Crippen LogP contribution in [-0.4, -0.2) is 50.8 Å². The van der Waals surface area contributed by atoms with Gasteiger partial charge in [-0.1, -0.05) is 13.0 Å². The highest BCUT2D eigenvalue weighted by atomic mass is 19.1. The molecule has 214 valence electrons. The number of aryl methyl sites for hydroxylation is 1. The minimum atomic E-state index is -0.684. The van der Waals surface area contributed by atoms with E-state index in [1.807, 2.05) is 6.08 Å². The molecular formula is C30H32F2N6O3. The summed E-state index contributed by atoms with van der Waals surface area (Å²) >= 11 is 0. The van der Waals surface area contributed by atoms with Crippen molar-refractivity contribution in [2.45, 2.75) is 32.3 Å². The Hall–Kier alpha value is -4.51. The number of rotatable bonds is 7. The molecule has 0 radical (unpaired) electrons. The summed E-state index contributed by atoms with van der Waals surface area (Å²) in [7, 11) is 1.62. The summed E-state index contributed by atoms with van der Waals surface area (Å²) in [6, 6.07) is 9.71. The number of anilines is 4. The van der Waals surface area contributed by atoms with Gasteiger partial charge in [0.25, 0.3) is 11.8 Å². The fourth-order valence-corrected chi connectivity index (χ4v) is 5.10. The first kappa shape index (κ1) is 28.0. The van der Waals surface area contributed by atoms with Gasteiger partial charge in [-0.25, -0.2) is 8.78 Å². The lowest BCUT2D eigenvalue weighted by Gasteiger charge is -2.37. The first-order chi connectivity index (χ1) is 19.7. The van der Waals surface area contributed by atoms with E-state index in [0.29, 0.717) is 17.7 Å². The molecule has 2 aromatic carbocycles. The topological polar surface area (TPSA) is 112 Å². The standard InChI is InChI=1S/C30H32F2N6O3/c1-18-15-19(3-8-27(18)38-13-10-22(39)11-14-38)29(40)34-20-4-6-25(23(31)16-20)36-26-7-5-21(17-24(26)32)35-30(41)28-9-12-33-37(28)2/h3-9,12,16-18,22,36,39H,10-11,13-15H2,1-2H3,(H,34,40)(H,35,41). The van der Waals surface area contributed by atoms with Gasteiger partial charge < -0.3 is 26.0 Å². The van der Waals surface area contributed by atoms with Crippen molar-refractivity contribution in [2.24, 2.45) is 13.0 Å². The summed E-state index contributed by atoms with van der Waals surface area (Å²) in [5.41, 5.74) is 2.63. The third-order valence-corrected chi connectivity index (χ3v) is 7.38. The number of hydrogen-bond acceptors (Lipinski definition) is 6. The third-order valence-electron chi connectivity index (χ3n) is 7.38. The Morgan fingerprint density at radius 3 is 2.07 bits per heavy atom. The van der Waals surface area contributed by atoms with Crippen LogP contribution in [0.1, 0.15) is 36.7 Å². The van der Waals surface area contributed by atoms with Crippen LogP contribution in [0.15, 0.2) is 72.1 Å². The van der Waals surface area contributed by atoms with Gasteiger partial charge in [0.1, 0.15) is 17.3 Å². The van der Waals surface area contributed by atoms with Crippen molar-refractivity contribution < 1.29 is 23.5 Å². The van der Waals surface area contributed by atoms with Crippen LogP contribution in [0.5, 0.6) is 0 Å². The molecule has 2 aliphatic rings. The van der Waals surface area contributed by atoms with Gasteiger partial charge in [-0.15, -0.1) is 0 Å². The number of hydrogen-bond donors (Lipinski definition) is 4. The predicted octanol–water partition coefficient (Wildman–Crippen LogP) is 4.94. The zero-order chi connectivity index (χ0) is 29.1. The summed E-state index contributed by atoms with van der Waals surface area (Å²) in [5, 5.41) is 21.8. The molecule has 4 N–H and O–H groups in total. The first-order valence-corrected chi connectivity index (χ1v) is 13.5. The number of carbonyl (C=O) groups excluding carboxylic acids is 2. The van der Waals surface area contributed by atoms with E-state index in [-0.39, 0.29) is 40.7 Å². The second kappa shape index (κ2) is 11.9. The molecule has 1 aromatic heterocycles. The van der Waals surface area contributed by atoms with E-state index < -0.39 is 17.5 Å².